The maximum absolute atomic E-state index is 12.4. The topological polar surface area (TPSA) is 67.4 Å². The van der Waals surface area contributed by atoms with Crippen LogP contribution in [0.25, 0.3) is 0 Å². The highest BCUT2D eigenvalue weighted by Crippen LogP contribution is 2.21. The minimum Gasteiger partial charge on any atom is -0.376 e. The molecule has 5 heteroatoms. The lowest BCUT2D eigenvalue weighted by Crippen LogP contribution is -2.51. The maximum atomic E-state index is 12.4. The average Bonchev–Trinajstić information content (AvgIpc) is 2.99. The fourth-order valence-corrected chi connectivity index (χ4v) is 2.95. The van der Waals surface area contributed by atoms with Crippen molar-refractivity contribution in [2.24, 2.45) is 5.41 Å². The van der Waals surface area contributed by atoms with Crippen LogP contribution in [0.3, 0.4) is 0 Å². The molecule has 0 spiro atoms. The Morgan fingerprint density at radius 2 is 1.76 bits per heavy atom. The van der Waals surface area contributed by atoms with Gasteiger partial charge in [0.25, 0.3) is 0 Å². The van der Waals surface area contributed by atoms with Gasteiger partial charge in [0.1, 0.15) is 5.41 Å². The molecule has 1 saturated carbocycles. The number of hydrogen-bond donors (Lipinski definition) is 2. The number of carbonyl (C=O) groups is 2. The summed E-state index contributed by atoms with van der Waals surface area (Å²) < 4.78 is 5.48. The van der Waals surface area contributed by atoms with Crippen molar-refractivity contribution in [1.29, 1.82) is 0 Å². The Morgan fingerprint density at radius 1 is 1.05 bits per heavy atom. The fraction of sp³-hybridized carbons (Fsp3) is 0.875. The number of rotatable bonds is 5. The van der Waals surface area contributed by atoms with Gasteiger partial charge < -0.3 is 15.4 Å². The first-order valence-electron chi connectivity index (χ1n) is 8.21. The quantitative estimate of drug-likeness (QED) is 0.760. The van der Waals surface area contributed by atoms with E-state index < -0.39 is 5.41 Å². The fourth-order valence-electron chi connectivity index (χ4n) is 2.95. The van der Waals surface area contributed by atoms with Gasteiger partial charge in [0, 0.05) is 19.2 Å². The van der Waals surface area contributed by atoms with Gasteiger partial charge in [-0.15, -0.1) is 0 Å². The van der Waals surface area contributed by atoms with Crippen LogP contribution in [0.1, 0.15) is 58.8 Å². The first kappa shape index (κ1) is 16.3. The Bertz CT molecular complexity index is 370. The number of ether oxygens (including phenoxy) is 1. The van der Waals surface area contributed by atoms with Gasteiger partial charge in [0.15, 0.2) is 0 Å². The molecule has 1 aliphatic heterocycles. The molecule has 2 amide bonds. The third kappa shape index (κ3) is 4.43. The summed E-state index contributed by atoms with van der Waals surface area (Å²) in [5, 5.41) is 5.90. The Balaban J connectivity index is 1.79. The van der Waals surface area contributed by atoms with Crippen molar-refractivity contribution in [3.8, 4) is 0 Å². The number of amides is 2. The van der Waals surface area contributed by atoms with Gasteiger partial charge >= 0.3 is 0 Å². The molecule has 1 unspecified atom stereocenters. The van der Waals surface area contributed by atoms with Crippen molar-refractivity contribution < 1.29 is 14.3 Å². The average molecular weight is 296 g/mol. The van der Waals surface area contributed by atoms with Gasteiger partial charge in [0.05, 0.1) is 6.10 Å². The second-order valence-corrected chi connectivity index (χ2v) is 6.78. The largest absolute Gasteiger partial charge is 0.376 e. The van der Waals surface area contributed by atoms with Crippen LogP contribution in [0.15, 0.2) is 0 Å². The van der Waals surface area contributed by atoms with E-state index >= 15 is 0 Å². The van der Waals surface area contributed by atoms with E-state index in [1.807, 2.05) is 0 Å². The third-order valence-corrected chi connectivity index (χ3v) is 4.59. The Morgan fingerprint density at radius 3 is 2.38 bits per heavy atom. The van der Waals surface area contributed by atoms with E-state index in [-0.39, 0.29) is 24.0 Å². The molecule has 0 radical (unpaired) electrons. The van der Waals surface area contributed by atoms with E-state index in [9.17, 15) is 9.59 Å². The lowest BCUT2D eigenvalue weighted by molar-refractivity contribution is -0.142. The van der Waals surface area contributed by atoms with Gasteiger partial charge in [0.2, 0.25) is 11.8 Å². The minimum absolute atomic E-state index is 0.103. The Hall–Kier alpha value is -1.10. The highest BCUT2D eigenvalue weighted by Gasteiger charge is 2.37. The predicted molar refractivity (Wildman–Crippen MR) is 80.8 cm³/mol. The molecule has 2 rings (SSSR count). The zero-order valence-corrected chi connectivity index (χ0v) is 13.2. The van der Waals surface area contributed by atoms with Crippen LogP contribution < -0.4 is 10.6 Å². The van der Waals surface area contributed by atoms with Gasteiger partial charge in [-0.25, -0.2) is 0 Å². The van der Waals surface area contributed by atoms with E-state index in [2.05, 4.69) is 10.6 Å². The molecule has 2 fully saturated rings. The zero-order valence-electron chi connectivity index (χ0n) is 13.2. The SMILES string of the molecule is CC(C)(C(=O)NCC1CCCO1)C(=O)NC1CCCCC1. The van der Waals surface area contributed by atoms with E-state index in [0.29, 0.717) is 6.54 Å². The molecule has 1 atom stereocenters. The van der Waals surface area contributed by atoms with Crippen LogP contribution in [-0.2, 0) is 14.3 Å². The van der Waals surface area contributed by atoms with E-state index in [1.54, 1.807) is 13.8 Å². The van der Waals surface area contributed by atoms with Crippen molar-refractivity contribution in [2.45, 2.75) is 70.9 Å². The number of nitrogens with one attached hydrogen (secondary N) is 2. The summed E-state index contributed by atoms with van der Waals surface area (Å²) in [6.07, 6.45) is 7.76. The zero-order chi connectivity index (χ0) is 15.3. The number of hydrogen-bond acceptors (Lipinski definition) is 3. The highest BCUT2D eigenvalue weighted by molar-refractivity contribution is 6.04. The molecular weight excluding hydrogens is 268 g/mol. The molecule has 21 heavy (non-hydrogen) atoms. The lowest BCUT2D eigenvalue weighted by atomic mass is 9.89. The Labute approximate surface area is 127 Å². The molecule has 0 aromatic heterocycles. The second kappa shape index (κ2) is 7.25. The van der Waals surface area contributed by atoms with Crippen molar-refractivity contribution in [2.75, 3.05) is 13.2 Å². The molecule has 1 saturated heterocycles. The molecule has 1 aliphatic carbocycles. The van der Waals surface area contributed by atoms with Crippen molar-refractivity contribution in [3.05, 3.63) is 0 Å². The standard InChI is InChI=1S/C16H28N2O3/c1-16(2,14(19)17-11-13-9-6-10-21-13)15(20)18-12-7-4-3-5-8-12/h12-13H,3-11H2,1-2H3,(H,17,19)(H,18,20). The second-order valence-electron chi connectivity index (χ2n) is 6.78. The Kier molecular flexibility index (Phi) is 5.62. The smallest absolute Gasteiger partial charge is 0.235 e. The van der Waals surface area contributed by atoms with Crippen molar-refractivity contribution in [3.63, 3.8) is 0 Å². The third-order valence-electron chi connectivity index (χ3n) is 4.59. The van der Waals surface area contributed by atoms with Crippen LogP contribution in [0.5, 0.6) is 0 Å². The van der Waals surface area contributed by atoms with Gasteiger partial charge in [-0.05, 0) is 39.5 Å². The normalized spacial score (nSPS) is 23.8. The first-order valence-corrected chi connectivity index (χ1v) is 8.21. The lowest BCUT2D eigenvalue weighted by Gasteiger charge is -2.28. The monoisotopic (exact) mass is 296 g/mol. The summed E-state index contributed by atoms with van der Waals surface area (Å²) in [4.78, 5) is 24.6. The summed E-state index contributed by atoms with van der Waals surface area (Å²) in [6, 6.07) is 0.233. The van der Waals surface area contributed by atoms with E-state index in [0.717, 1.165) is 45.1 Å². The van der Waals surface area contributed by atoms with E-state index in [4.69, 9.17) is 4.74 Å². The van der Waals surface area contributed by atoms with Crippen LogP contribution in [0.4, 0.5) is 0 Å². The van der Waals surface area contributed by atoms with Crippen LogP contribution in [0, 0.1) is 5.41 Å². The summed E-state index contributed by atoms with van der Waals surface area (Å²) in [5.41, 5.74) is -1.03. The summed E-state index contributed by atoms with van der Waals surface area (Å²) in [7, 11) is 0. The van der Waals surface area contributed by atoms with E-state index in [1.165, 1.54) is 6.42 Å². The predicted octanol–water partition coefficient (Wildman–Crippen LogP) is 1.76. The molecule has 0 bridgehead atoms. The molecule has 120 valence electrons. The molecule has 5 nitrogen and oxygen atoms in total. The van der Waals surface area contributed by atoms with Gasteiger partial charge in [-0.1, -0.05) is 19.3 Å². The van der Waals surface area contributed by atoms with Gasteiger partial charge in [-0.2, -0.15) is 0 Å². The minimum atomic E-state index is -1.03. The van der Waals surface area contributed by atoms with Gasteiger partial charge in [-0.3, -0.25) is 9.59 Å². The molecule has 2 N–H and O–H groups in total. The van der Waals surface area contributed by atoms with Crippen molar-refractivity contribution in [1.82, 2.24) is 10.6 Å². The molecule has 0 aromatic rings. The number of carbonyl (C=O) groups excluding carboxylic acids is 2. The molecule has 2 aliphatic rings. The van der Waals surface area contributed by atoms with Crippen LogP contribution in [0.2, 0.25) is 0 Å². The first-order chi connectivity index (χ1) is 10.00. The molecule has 0 aromatic carbocycles. The van der Waals surface area contributed by atoms with Crippen molar-refractivity contribution >= 4 is 11.8 Å². The van der Waals surface area contributed by atoms with Crippen LogP contribution in [-0.4, -0.2) is 37.1 Å². The molecular formula is C16H28N2O3. The summed E-state index contributed by atoms with van der Waals surface area (Å²) >= 11 is 0. The summed E-state index contributed by atoms with van der Waals surface area (Å²) in [6.45, 7) is 4.65. The molecule has 1 heterocycles. The summed E-state index contributed by atoms with van der Waals surface area (Å²) in [5.74, 6) is -0.384. The highest BCUT2D eigenvalue weighted by atomic mass is 16.5. The maximum Gasteiger partial charge on any atom is 0.235 e. The van der Waals surface area contributed by atoms with Crippen LogP contribution >= 0.6 is 0 Å².